The summed E-state index contributed by atoms with van der Waals surface area (Å²) >= 11 is 0. The molecule has 0 bridgehead atoms. The molecule has 1 N–H and O–H groups in total. The van der Waals surface area contributed by atoms with E-state index in [1.54, 1.807) is 0 Å². The maximum Gasteiger partial charge on any atom is 0.0482 e. The first-order valence-electron chi connectivity index (χ1n) is 7.90. The lowest BCUT2D eigenvalue weighted by Crippen LogP contribution is -2.30. The summed E-state index contributed by atoms with van der Waals surface area (Å²) in [5.41, 5.74) is 2.30. The highest BCUT2D eigenvalue weighted by atomic mass is 14.9. The van der Waals surface area contributed by atoms with Gasteiger partial charge in [-0.25, -0.2) is 0 Å². The Morgan fingerprint density at radius 2 is 1.91 bits per heavy atom. The molecule has 4 rings (SSSR count). The number of nitrogens with one attached hydrogen (secondary N) is 1. The van der Waals surface area contributed by atoms with Gasteiger partial charge in [-0.1, -0.05) is 60.7 Å². The third-order valence-electron chi connectivity index (χ3n) is 4.44. The minimum atomic E-state index is 0.846. The van der Waals surface area contributed by atoms with E-state index in [9.17, 15) is 0 Å². The van der Waals surface area contributed by atoms with E-state index in [1.807, 2.05) is 6.08 Å². The molecule has 0 saturated carbocycles. The highest BCUT2D eigenvalue weighted by Crippen LogP contribution is 2.19. The van der Waals surface area contributed by atoms with Crippen LogP contribution in [0.3, 0.4) is 0 Å². The van der Waals surface area contributed by atoms with Gasteiger partial charge in [0.05, 0.1) is 0 Å². The number of allylic oxidation sites excluding steroid dienone is 2. The molecule has 23 heavy (non-hydrogen) atoms. The smallest absolute Gasteiger partial charge is 0.0482 e. The number of fused-ring (bicyclic) bond motifs is 2. The summed E-state index contributed by atoms with van der Waals surface area (Å²) in [4.78, 5) is 0. The van der Waals surface area contributed by atoms with Gasteiger partial charge in [-0.05, 0) is 28.8 Å². The summed E-state index contributed by atoms with van der Waals surface area (Å²) in [6, 6.07) is 17.1. The summed E-state index contributed by atoms with van der Waals surface area (Å²) in [5, 5.41) is 12.6. The molecular formula is C21H18N2. The van der Waals surface area contributed by atoms with E-state index in [1.165, 1.54) is 27.9 Å². The molecule has 0 atom stereocenters. The Morgan fingerprint density at radius 3 is 2.83 bits per heavy atom. The van der Waals surface area contributed by atoms with Gasteiger partial charge in [0.2, 0.25) is 0 Å². The summed E-state index contributed by atoms with van der Waals surface area (Å²) in [7, 11) is 0. The van der Waals surface area contributed by atoms with Crippen molar-refractivity contribution in [3.05, 3.63) is 83.0 Å². The Labute approximate surface area is 135 Å². The molecule has 0 radical (unpaired) electrons. The number of rotatable bonds is 3. The maximum atomic E-state index is 7.63. The molecule has 0 amide bonds. The molecule has 0 fully saturated rings. The molecule has 112 valence electrons. The largest absolute Gasteiger partial charge is 0.343 e. The van der Waals surface area contributed by atoms with Crippen molar-refractivity contribution in [3.8, 4) is 0 Å². The van der Waals surface area contributed by atoms with Gasteiger partial charge in [-0.15, -0.1) is 0 Å². The van der Waals surface area contributed by atoms with Crippen LogP contribution in [0, 0.1) is 5.41 Å². The molecule has 2 nitrogen and oxygen atoms in total. The van der Waals surface area contributed by atoms with Gasteiger partial charge in [-0.2, -0.15) is 0 Å². The Kier molecular flexibility index (Phi) is 3.43. The van der Waals surface area contributed by atoms with E-state index in [-0.39, 0.29) is 0 Å². The summed E-state index contributed by atoms with van der Waals surface area (Å²) in [6.07, 6.45) is 10.9. The fourth-order valence-corrected chi connectivity index (χ4v) is 3.30. The average Bonchev–Trinajstić information content (AvgIpc) is 2.86. The van der Waals surface area contributed by atoms with Gasteiger partial charge in [-0.3, -0.25) is 0 Å². The lowest BCUT2D eigenvalue weighted by atomic mass is 10.0. The topological polar surface area (TPSA) is 28.8 Å². The van der Waals surface area contributed by atoms with Crippen molar-refractivity contribution in [1.29, 1.82) is 5.41 Å². The van der Waals surface area contributed by atoms with Crippen LogP contribution in [0.15, 0.2) is 66.9 Å². The summed E-state index contributed by atoms with van der Waals surface area (Å²) in [5.74, 6) is 0. The molecule has 1 aromatic heterocycles. The quantitative estimate of drug-likeness (QED) is 0.719. The summed E-state index contributed by atoms with van der Waals surface area (Å²) < 4.78 is 2.29. The van der Waals surface area contributed by atoms with Crippen molar-refractivity contribution >= 4 is 28.6 Å². The average molecular weight is 298 g/mol. The van der Waals surface area contributed by atoms with Crippen LogP contribution in [-0.4, -0.2) is 10.8 Å². The number of benzene rings is 2. The molecule has 3 aromatic rings. The minimum Gasteiger partial charge on any atom is -0.343 e. The summed E-state index contributed by atoms with van der Waals surface area (Å²) in [6.45, 7) is 0.846. The molecule has 2 aromatic carbocycles. The molecule has 0 spiro atoms. The van der Waals surface area contributed by atoms with Gasteiger partial charge in [0.1, 0.15) is 0 Å². The fraction of sp³-hybridized carbons (Fsp3) is 0.0952. The van der Waals surface area contributed by atoms with Crippen LogP contribution in [0.2, 0.25) is 0 Å². The minimum absolute atomic E-state index is 0.846. The first kappa shape index (κ1) is 13.8. The van der Waals surface area contributed by atoms with Crippen molar-refractivity contribution in [2.24, 2.45) is 0 Å². The number of aromatic nitrogens is 1. The normalized spacial score (nSPS) is 13.5. The fourth-order valence-electron chi connectivity index (χ4n) is 3.30. The third-order valence-corrected chi connectivity index (χ3v) is 4.44. The first-order chi connectivity index (χ1) is 11.4. The lowest BCUT2D eigenvalue weighted by Gasteiger charge is -2.08. The van der Waals surface area contributed by atoms with Crippen LogP contribution in [0.25, 0.3) is 22.4 Å². The first-order valence-corrected chi connectivity index (χ1v) is 7.90. The van der Waals surface area contributed by atoms with Gasteiger partial charge < -0.3 is 9.98 Å². The molecule has 0 unspecified atom stereocenters. The number of hydrogen-bond acceptors (Lipinski definition) is 1. The zero-order valence-electron chi connectivity index (χ0n) is 12.9. The van der Waals surface area contributed by atoms with Crippen LogP contribution in [0.1, 0.15) is 12.0 Å². The Morgan fingerprint density at radius 1 is 1.04 bits per heavy atom. The second-order valence-electron chi connectivity index (χ2n) is 5.82. The van der Waals surface area contributed by atoms with Crippen LogP contribution in [0.4, 0.5) is 0 Å². The SMILES string of the molecule is N=CC1=c2ccn(Cc3cccc4ccccc34)c2=CCC=C1. The zero-order chi connectivity index (χ0) is 15.6. The predicted molar refractivity (Wildman–Crippen MR) is 97.1 cm³/mol. The van der Waals surface area contributed by atoms with Crippen LogP contribution in [0.5, 0.6) is 0 Å². The zero-order valence-corrected chi connectivity index (χ0v) is 12.9. The van der Waals surface area contributed by atoms with E-state index < -0.39 is 0 Å². The highest BCUT2D eigenvalue weighted by Gasteiger charge is 2.05. The number of nitrogens with zero attached hydrogens (tertiary/aromatic N) is 1. The van der Waals surface area contributed by atoms with Gasteiger partial charge in [0, 0.05) is 35.1 Å². The highest BCUT2D eigenvalue weighted by molar-refractivity contribution is 6.05. The molecule has 2 heteroatoms. The second kappa shape index (κ2) is 5.73. The third kappa shape index (κ3) is 2.42. The van der Waals surface area contributed by atoms with Crippen molar-refractivity contribution in [2.45, 2.75) is 13.0 Å². The van der Waals surface area contributed by atoms with E-state index in [0.29, 0.717) is 0 Å². The standard InChI is InChI=1S/C21H18N2/c22-14-17-7-2-4-11-21-20(17)12-13-23(21)15-18-9-5-8-16-6-1-3-10-19(16)18/h1-3,5-14,22H,4,15H2. The van der Waals surface area contributed by atoms with Gasteiger partial charge >= 0.3 is 0 Å². The molecular weight excluding hydrogens is 280 g/mol. The van der Waals surface area contributed by atoms with Crippen molar-refractivity contribution in [1.82, 2.24) is 4.57 Å². The van der Waals surface area contributed by atoms with E-state index >= 15 is 0 Å². The number of hydrogen-bond donors (Lipinski definition) is 1. The Hall–Kier alpha value is -2.87. The Bertz CT molecular complexity index is 1030. The molecule has 1 aliphatic carbocycles. The molecule has 0 saturated heterocycles. The monoisotopic (exact) mass is 298 g/mol. The predicted octanol–water partition coefficient (Wildman–Crippen LogP) is 3.23. The molecule has 0 aliphatic heterocycles. The Balaban J connectivity index is 1.87. The second-order valence-corrected chi connectivity index (χ2v) is 5.82. The molecule has 1 aliphatic rings. The van der Waals surface area contributed by atoms with E-state index in [4.69, 9.17) is 5.41 Å². The van der Waals surface area contributed by atoms with Crippen molar-refractivity contribution in [2.75, 3.05) is 0 Å². The lowest BCUT2D eigenvalue weighted by molar-refractivity contribution is 0.782. The van der Waals surface area contributed by atoms with Gasteiger partial charge in [0.25, 0.3) is 0 Å². The molecule has 1 heterocycles. The van der Waals surface area contributed by atoms with E-state index in [0.717, 1.165) is 23.8 Å². The van der Waals surface area contributed by atoms with Crippen LogP contribution < -0.4 is 10.6 Å². The van der Waals surface area contributed by atoms with Crippen molar-refractivity contribution < 1.29 is 0 Å². The maximum absolute atomic E-state index is 7.63. The van der Waals surface area contributed by atoms with Crippen molar-refractivity contribution in [3.63, 3.8) is 0 Å². The van der Waals surface area contributed by atoms with Crippen LogP contribution >= 0.6 is 0 Å². The van der Waals surface area contributed by atoms with Gasteiger partial charge in [0.15, 0.2) is 0 Å². The van der Waals surface area contributed by atoms with Crippen LogP contribution in [-0.2, 0) is 6.54 Å². The van der Waals surface area contributed by atoms with E-state index in [2.05, 4.69) is 71.4 Å².